The number of ether oxygens (including phenoxy) is 2. The third-order valence-electron chi connectivity index (χ3n) is 3.19. The summed E-state index contributed by atoms with van der Waals surface area (Å²) in [5.74, 6) is 0.0788. The summed E-state index contributed by atoms with van der Waals surface area (Å²) in [7, 11) is 0. The van der Waals surface area contributed by atoms with Gasteiger partial charge in [0.25, 0.3) is 5.91 Å². The van der Waals surface area contributed by atoms with E-state index in [0.29, 0.717) is 11.6 Å². The van der Waals surface area contributed by atoms with Crippen molar-refractivity contribution in [1.82, 2.24) is 9.78 Å². The number of aromatic nitrogens is 2. The number of esters is 1. The molecule has 0 radical (unpaired) electrons. The van der Waals surface area contributed by atoms with Crippen LogP contribution in [0.4, 0.5) is 5.82 Å². The Kier molecular flexibility index (Phi) is 5.95. The molecule has 0 aliphatic heterocycles. The van der Waals surface area contributed by atoms with Crippen molar-refractivity contribution in [2.75, 3.05) is 11.9 Å². The molecule has 7 heteroatoms. The number of hydrogen-bond donors (Lipinski definition) is 1. The smallest absolute Gasteiger partial charge is 0.344 e. The molecule has 0 bridgehead atoms. The van der Waals surface area contributed by atoms with E-state index in [-0.39, 0.29) is 12.6 Å². The SMILES string of the molecule is CC(C)n1nccc1NC(=O)[C@H](C)OC(=O)COc1ccccc1. The first-order chi connectivity index (χ1) is 11.5. The Morgan fingerprint density at radius 3 is 2.54 bits per heavy atom. The number of carbonyl (C=O) groups excluding carboxylic acids is 2. The highest BCUT2D eigenvalue weighted by Crippen LogP contribution is 2.14. The minimum atomic E-state index is -0.938. The summed E-state index contributed by atoms with van der Waals surface area (Å²) in [6, 6.07) is 10.7. The van der Waals surface area contributed by atoms with Crippen LogP contribution in [0.2, 0.25) is 0 Å². The zero-order valence-electron chi connectivity index (χ0n) is 13.9. The van der Waals surface area contributed by atoms with E-state index >= 15 is 0 Å². The highest BCUT2D eigenvalue weighted by atomic mass is 16.6. The van der Waals surface area contributed by atoms with Crippen molar-refractivity contribution < 1.29 is 19.1 Å². The summed E-state index contributed by atoms with van der Waals surface area (Å²) in [5.41, 5.74) is 0. The van der Waals surface area contributed by atoms with Gasteiger partial charge in [0.05, 0.1) is 6.20 Å². The monoisotopic (exact) mass is 331 g/mol. The second-order valence-electron chi connectivity index (χ2n) is 5.48. The third kappa shape index (κ3) is 4.84. The van der Waals surface area contributed by atoms with Gasteiger partial charge in [0, 0.05) is 12.1 Å². The van der Waals surface area contributed by atoms with Gasteiger partial charge in [0.1, 0.15) is 11.6 Å². The van der Waals surface area contributed by atoms with Crippen LogP contribution >= 0.6 is 0 Å². The molecule has 24 heavy (non-hydrogen) atoms. The maximum absolute atomic E-state index is 12.1. The van der Waals surface area contributed by atoms with E-state index in [1.165, 1.54) is 6.92 Å². The molecule has 1 N–H and O–H groups in total. The molecule has 7 nitrogen and oxygen atoms in total. The van der Waals surface area contributed by atoms with Gasteiger partial charge in [-0.05, 0) is 32.9 Å². The predicted octanol–water partition coefficient (Wildman–Crippen LogP) is 2.41. The van der Waals surface area contributed by atoms with Gasteiger partial charge < -0.3 is 14.8 Å². The number of nitrogens with zero attached hydrogens (tertiary/aromatic N) is 2. The van der Waals surface area contributed by atoms with E-state index < -0.39 is 18.0 Å². The Morgan fingerprint density at radius 2 is 1.88 bits per heavy atom. The highest BCUT2D eigenvalue weighted by Gasteiger charge is 2.20. The summed E-state index contributed by atoms with van der Waals surface area (Å²) < 4.78 is 12.0. The molecule has 0 aliphatic rings. The van der Waals surface area contributed by atoms with Gasteiger partial charge in [-0.25, -0.2) is 9.48 Å². The Hall–Kier alpha value is -2.83. The van der Waals surface area contributed by atoms with E-state index in [9.17, 15) is 9.59 Å². The molecule has 2 rings (SSSR count). The number of carbonyl (C=O) groups is 2. The van der Waals surface area contributed by atoms with Gasteiger partial charge in [-0.1, -0.05) is 18.2 Å². The van der Waals surface area contributed by atoms with Gasteiger partial charge in [-0.2, -0.15) is 5.10 Å². The second kappa shape index (κ2) is 8.14. The summed E-state index contributed by atoms with van der Waals surface area (Å²) in [4.78, 5) is 23.9. The maximum Gasteiger partial charge on any atom is 0.344 e. The third-order valence-corrected chi connectivity index (χ3v) is 3.19. The first-order valence-corrected chi connectivity index (χ1v) is 7.69. The lowest BCUT2D eigenvalue weighted by molar-refractivity contribution is -0.155. The van der Waals surface area contributed by atoms with Crippen molar-refractivity contribution in [2.24, 2.45) is 0 Å². The molecule has 1 heterocycles. The van der Waals surface area contributed by atoms with Crippen LogP contribution in [0.25, 0.3) is 0 Å². The van der Waals surface area contributed by atoms with Gasteiger partial charge in [-0.3, -0.25) is 4.79 Å². The number of para-hydroxylation sites is 1. The molecule has 0 aliphatic carbocycles. The van der Waals surface area contributed by atoms with Gasteiger partial charge >= 0.3 is 5.97 Å². The van der Waals surface area contributed by atoms with Crippen molar-refractivity contribution in [3.8, 4) is 5.75 Å². The molecule has 2 aromatic rings. The Labute approximate surface area is 140 Å². The van der Waals surface area contributed by atoms with Crippen LogP contribution in [0.1, 0.15) is 26.8 Å². The van der Waals surface area contributed by atoms with E-state index in [1.54, 1.807) is 41.2 Å². The van der Waals surface area contributed by atoms with Crippen molar-refractivity contribution in [3.63, 3.8) is 0 Å². The lowest BCUT2D eigenvalue weighted by Crippen LogP contribution is -2.32. The van der Waals surface area contributed by atoms with Gasteiger partial charge in [0.2, 0.25) is 0 Å². The molecule has 0 saturated carbocycles. The molecule has 128 valence electrons. The maximum atomic E-state index is 12.1. The minimum Gasteiger partial charge on any atom is -0.482 e. The molecule has 0 unspecified atom stereocenters. The van der Waals surface area contributed by atoms with Crippen LogP contribution in [-0.4, -0.2) is 34.4 Å². The van der Waals surface area contributed by atoms with Crippen LogP contribution in [0, 0.1) is 0 Å². The molecule has 0 spiro atoms. The van der Waals surface area contributed by atoms with Crippen molar-refractivity contribution >= 4 is 17.7 Å². The molecule has 0 saturated heterocycles. The molecule has 1 amide bonds. The fraction of sp³-hybridized carbons (Fsp3) is 0.353. The number of anilines is 1. The average Bonchev–Trinajstić information content (AvgIpc) is 3.02. The van der Waals surface area contributed by atoms with Gasteiger partial charge in [-0.15, -0.1) is 0 Å². The molecule has 1 aromatic carbocycles. The quantitative estimate of drug-likeness (QED) is 0.788. The van der Waals surface area contributed by atoms with Crippen LogP contribution in [0.3, 0.4) is 0 Å². The van der Waals surface area contributed by atoms with Crippen LogP contribution in [-0.2, 0) is 14.3 Å². The largest absolute Gasteiger partial charge is 0.482 e. The lowest BCUT2D eigenvalue weighted by atomic mass is 10.3. The number of amides is 1. The lowest BCUT2D eigenvalue weighted by Gasteiger charge is -2.16. The summed E-state index contributed by atoms with van der Waals surface area (Å²) in [5, 5.41) is 6.82. The fourth-order valence-corrected chi connectivity index (χ4v) is 2.00. The molecule has 1 atom stereocenters. The standard InChI is InChI=1S/C17H21N3O4/c1-12(2)20-15(9-10-18-20)19-17(22)13(3)24-16(21)11-23-14-7-5-4-6-8-14/h4-10,12-13H,11H2,1-3H3,(H,19,22)/t13-/m0/s1. The summed E-state index contributed by atoms with van der Waals surface area (Å²) >= 11 is 0. The second-order valence-corrected chi connectivity index (χ2v) is 5.48. The average molecular weight is 331 g/mol. The zero-order valence-corrected chi connectivity index (χ0v) is 13.9. The minimum absolute atomic E-state index is 0.104. The number of hydrogen-bond acceptors (Lipinski definition) is 5. The van der Waals surface area contributed by atoms with E-state index in [1.807, 2.05) is 19.9 Å². The van der Waals surface area contributed by atoms with E-state index in [0.717, 1.165) is 0 Å². The summed E-state index contributed by atoms with van der Waals surface area (Å²) in [6.07, 6.45) is 0.660. The van der Waals surface area contributed by atoms with Crippen molar-refractivity contribution in [1.29, 1.82) is 0 Å². The Morgan fingerprint density at radius 1 is 1.17 bits per heavy atom. The number of benzene rings is 1. The molecule has 1 aromatic heterocycles. The fourth-order valence-electron chi connectivity index (χ4n) is 2.00. The summed E-state index contributed by atoms with van der Waals surface area (Å²) in [6.45, 7) is 5.15. The van der Waals surface area contributed by atoms with Crippen LogP contribution in [0.5, 0.6) is 5.75 Å². The Balaban J connectivity index is 1.82. The first kappa shape index (κ1) is 17.5. The Bertz CT molecular complexity index is 682. The van der Waals surface area contributed by atoms with Crippen LogP contribution in [0.15, 0.2) is 42.6 Å². The number of nitrogens with one attached hydrogen (secondary N) is 1. The van der Waals surface area contributed by atoms with Crippen LogP contribution < -0.4 is 10.1 Å². The van der Waals surface area contributed by atoms with E-state index in [4.69, 9.17) is 9.47 Å². The highest BCUT2D eigenvalue weighted by molar-refractivity contribution is 5.94. The molecular formula is C17H21N3O4. The first-order valence-electron chi connectivity index (χ1n) is 7.69. The zero-order chi connectivity index (χ0) is 17.5. The van der Waals surface area contributed by atoms with E-state index in [2.05, 4.69) is 10.4 Å². The van der Waals surface area contributed by atoms with Gasteiger partial charge in [0.15, 0.2) is 12.7 Å². The van der Waals surface area contributed by atoms with Crippen molar-refractivity contribution in [3.05, 3.63) is 42.6 Å². The molecule has 0 fully saturated rings. The predicted molar refractivity (Wildman–Crippen MR) is 88.7 cm³/mol. The molecular weight excluding hydrogens is 310 g/mol. The topological polar surface area (TPSA) is 82.5 Å². The normalized spacial score (nSPS) is 11.8. The number of rotatable bonds is 7. The van der Waals surface area contributed by atoms with Crippen molar-refractivity contribution in [2.45, 2.75) is 32.9 Å².